The van der Waals surface area contributed by atoms with E-state index >= 15 is 0 Å². The zero-order valence-electron chi connectivity index (χ0n) is 11.4. The summed E-state index contributed by atoms with van der Waals surface area (Å²) >= 11 is 6.23. The van der Waals surface area contributed by atoms with Gasteiger partial charge in [-0.3, -0.25) is 0 Å². The number of hydrogen-bond acceptors (Lipinski definition) is 3. The van der Waals surface area contributed by atoms with Crippen molar-refractivity contribution in [1.29, 1.82) is 0 Å². The number of methoxy groups -OCH3 is 1. The van der Waals surface area contributed by atoms with E-state index in [2.05, 4.69) is 0 Å². The van der Waals surface area contributed by atoms with E-state index in [1.165, 1.54) is 0 Å². The summed E-state index contributed by atoms with van der Waals surface area (Å²) in [7, 11) is 1.67. The molecular formula is C16H18ClNO2. The Morgan fingerprint density at radius 1 is 1.10 bits per heavy atom. The molecule has 2 N–H and O–H groups in total. The minimum atomic E-state index is 0.556. The topological polar surface area (TPSA) is 44.5 Å². The van der Waals surface area contributed by atoms with E-state index in [-0.39, 0.29) is 0 Å². The average Bonchev–Trinajstić information content (AvgIpc) is 2.43. The fourth-order valence-corrected chi connectivity index (χ4v) is 2.18. The van der Waals surface area contributed by atoms with Crippen LogP contribution in [0.1, 0.15) is 11.1 Å². The fourth-order valence-electron chi connectivity index (χ4n) is 1.94. The maximum absolute atomic E-state index is 6.23. The number of halogens is 1. The zero-order valence-corrected chi connectivity index (χ0v) is 12.2. The molecule has 0 spiro atoms. The number of hydrogen-bond donors (Lipinski definition) is 1. The van der Waals surface area contributed by atoms with Gasteiger partial charge in [-0.2, -0.15) is 0 Å². The summed E-state index contributed by atoms with van der Waals surface area (Å²) in [6.45, 7) is 1.16. The first-order valence-corrected chi connectivity index (χ1v) is 6.85. The van der Waals surface area contributed by atoms with Crippen LogP contribution in [-0.4, -0.2) is 13.7 Å². The van der Waals surface area contributed by atoms with Crippen LogP contribution in [-0.2, 0) is 17.8 Å². The summed E-state index contributed by atoms with van der Waals surface area (Å²) in [5.41, 5.74) is 7.70. The van der Waals surface area contributed by atoms with E-state index < -0.39 is 0 Å². The Bertz CT molecular complexity index is 572. The zero-order chi connectivity index (χ0) is 14.4. The van der Waals surface area contributed by atoms with Gasteiger partial charge in [0.15, 0.2) is 0 Å². The van der Waals surface area contributed by atoms with Crippen molar-refractivity contribution in [2.75, 3.05) is 13.7 Å². The van der Waals surface area contributed by atoms with Crippen LogP contribution in [0, 0.1) is 0 Å². The van der Waals surface area contributed by atoms with Gasteiger partial charge in [-0.1, -0.05) is 29.8 Å². The van der Waals surface area contributed by atoms with Crippen molar-refractivity contribution in [3.8, 4) is 11.5 Å². The molecule has 0 bridgehead atoms. The summed E-state index contributed by atoms with van der Waals surface area (Å²) < 4.78 is 10.9. The van der Waals surface area contributed by atoms with Gasteiger partial charge in [-0.25, -0.2) is 0 Å². The first-order chi connectivity index (χ1) is 9.72. The Morgan fingerprint density at radius 3 is 2.65 bits per heavy atom. The second-order valence-electron chi connectivity index (χ2n) is 4.49. The molecular weight excluding hydrogens is 274 g/mol. The van der Waals surface area contributed by atoms with Crippen LogP contribution >= 0.6 is 11.6 Å². The van der Waals surface area contributed by atoms with Crippen LogP contribution < -0.4 is 10.5 Å². The van der Waals surface area contributed by atoms with Crippen molar-refractivity contribution in [1.82, 2.24) is 0 Å². The smallest absolute Gasteiger partial charge is 0.146 e. The predicted molar refractivity (Wildman–Crippen MR) is 81.4 cm³/mol. The van der Waals surface area contributed by atoms with Crippen LogP contribution in [0.15, 0.2) is 42.5 Å². The van der Waals surface area contributed by atoms with Crippen molar-refractivity contribution < 1.29 is 9.47 Å². The van der Waals surface area contributed by atoms with Crippen LogP contribution in [0.3, 0.4) is 0 Å². The highest BCUT2D eigenvalue weighted by Crippen LogP contribution is 2.30. The molecule has 0 saturated carbocycles. The Hall–Kier alpha value is -1.55. The Kier molecular flexibility index (Phi) is 5.41. The highest BCUT2D eigenvalue weighted by molar-refractivity contribution is 6.32. The predicted octanol–water partition coefficient (Wildman–Crippen LogP) is 3.78. The molecule has 0 aromatic heterocycles. The number of benzene rings is 2. The Balaban J connectivity index is 2.15. The van der Waals surface area contributed by atoms with E-state index in [1.807, 2.05) is 42.5 Å². The van der Waals surface area contributed by atoms with E-state index in [4.69, 9.17) is 26.8 Å². The average molecular weight is 292 g/mol. The van der Waals surface area contributed by atoms with E-state index in [9.17, 15) is 0 Å². The number of nitrogens with two attached hydrogens (primary N) is 1. The van der Waals surface area contributed by atoms with Crippen LogP contribution in [0.5, 0.6) is 11.5 Å². The molecule has 4 heteroatoms. The third kappa shape index (κ3) is 3.97. The second-order valence-corrected chi connectivity index (χ2v) is 4.89. The third-order valence-corrected chi connectivity index (χ3v) is 3.16. The molecule has 0 amide bonds. The molecule has 0 fully saturated rings. The van der Waals surface area contributed by atoms with Gasteiger partial charge in [-0.15, -0.1) is 0 Å². The first-order valence-electron chi connectivity index (χ1n) is 6.47. The lowest BCUT2D eigenvalue weighted by Crippen LogP contribution is -2.02. The summed E-state index contributed by atoms with van der Waals surface area (Å²) in [6, 6.07) is 13.5. The van der Waals surface area contributed by atoms with E-state index in [1.54, 1.807) is 7.11 Å². The maximum atomic E-state index is 6.23. The quantitative estimate of drug-likeness (QED) is 0.881. The summed E-state index contributed by atoms with van der Waals surface area (Å²) in [5.74, 6) is 1.38. The molecule has 2 aromatic carbocycles. The van der Waals surface area contributed by atoms with Gasteiger partial charge in [0.05, 0.1) is 11.6 Å². The van der Waals surface area contributed by atoms with Gasteiger partial charge in [-0.05, 0) is 48.4 Å². The Labute approximate surface area is 124 Å². The SMILES string of the molecule is COCc1cccc(Oc2ccc(CCN)cc2Cl)c1. The molecule has 2 rings (SSSR count). The molecule has 0 heterocycles. The van der Waals surface area contributed by atoms with E-state index in [0.717, 1.165) is 23.3 Å². The van der Waals surface area contributed by atoms with Crippen LogP contribution in [0.25, 0.3) is 0 Å². The van der Waals surface area contributed by atoms with E-state index in [0.29, 0.717) is 23.9 Å². The molecule has 106 valence electrons. The molecule has 0 saturated heterocycles. The van der Waals surface area contributed by atoms with Crippen molar-refractivity contribution in [3.05, 3.63) is 58.6 Å². The van der Waals surface area contributed by atoms with Gasteiger partial charge in [0.2, 0.25) is 0 Å². The number of rotatable bonds is 6. The molecule has 20 heavy (non-hydrogen) atoms. The van der Waals surface area contributed by atoms with Gasteiger partial charge >= 0.3 is 0 Å². The lowest BCUT2D eigenvalue weighted by atomic mass is 10.1. The lowest BCUT2D eigenvalue weighted by Gasteiger charge is -2.10. The van der Waals surface area contributed by atoms with Gasteiger partial charge in [0.1, 0.15) is 11.5 Å². The molecule has 3 nitrogen and oxygen atoms in total. The maximum Gasteiger partial charge on any atom is 0.146 e. The largest absolute Gasteiger partial charge is 0.456 e. The second kappa shape index (κ2) is 7.29. The minimum absolute atomic E-state index is 0.556. The number of ether oxygens (including phenoxy) is 2. The van der Waals surface area contributed by atoms with Gasteiger partial charge < -0.3 is 15.2 Å². The van der Waals surface area contributed by atoms with Crippen molar-refractivity contribution in [2.24, 2.45) is 5.73 Å². The molecule has 0 atom stereocenters. The molecule has 2 aromatic rings. The molecule has 0 radical (unpaired) electrons. The van der Waals surface area contributed by atoms with Gasteiger partial charge in [0, 0.05) is 7.11 Å². The summed E-state index contributed by atoms with van der Waals surface area (Å²) in [6.07, 6.45) is 0.809. The van der Waals surface area contributed by atoms with Crippen molar-refractivity contribution >= 4 is 11.6 Å². The standard InChI is InChI=1S/C16H18ClNO2/c1-19-11-13-3-2-4-14(9-13)20-16-6-5-12(7-8-18)10-15(16)17/h2-6,9-10H,7-8,11,18H2,1H3. The Morgan fingerprint density at radius 2 is 1.95 bits per heavy atom. The highest BCUT2D eigenvalue weighted by atomic mass is 35.5. The molecule has 0 unspecified atom stereocenters. The van der Waals surface area contributed by atoms with Crippen LogP contribution in [0.4, 0.5) is 0 Å². The van der Waals surface area contributed by atoms with Gasteiger partial charge in [0.25, 0.3) is 0 Å². The molecule has 0 aliphatic heterocycles. The monoisotopic (exact) mass is 291 g/mol. The lowest BCUT2D eigenvalue weighted by molar-refractivity contribution is 0.184. The first kappa shape index (κ1) is 14.9. The normalized spacial score (nSPS) is 10.6. The fraction of sp³-hybridized carbons (Fsp3) is 0.250. The summed E-state index contributed by atoms with van der Waals surface area (Å²) in [5, 5.41) is 0.591. The molecule has 0 aliphatic rings. The minimum Gasteiger partial charge on any atom is -0.456 e. The third-order valence-electron chi connectivity index (χ3n) is 2.87. The van der Waals surface area contributed by atoms with Crippen molar-refractivity contribution in [2.45, 2.75) is 13.0 Å². The molecule has 0 aliphatic carbocycles. The highest BCUT2D eigenvalue weighted by Gasteiger charge is 2.05. The van der Waals surface area contributed by atoms with Crippen molar-refractivity contribution in [3.63, 3.8) is 0 Å². The van der Waals surface area contributed by atoms with Crippen LogP contribution in [0.2, 0.25) is 5.02 Å². The summed E-state index contributed by atoms with van der Waals surface area (Å²) in [4.78, 5) is 0.